The standard InChI is InChI=1S/C7H14O2.C6H12O2/c1-3-5-6-9-7(8)4-2;1-5(7)8-6(2,3)4/h3-6H2,1-2H3;1-4H3. The van der Waals surface area contributed by atoms with E-state index in [0.29, 0.717) is 13.0 Å². The molecule has 4 heteroatoms. The molecule has 0 bridgehead atoms. The lowest BCUT2D eigenvalue weighted by atomic mass is 10.2. The fraction of sp³-hybridized carbons (Fsp3) is 0.846. The van der Waals surface area contributed by atoms with Crippen LogP contribution in [0.15, 0.2) is 0 Å². The van der Waals surface area contributed by atoms with Crippen molar-refractivity contribution >= 4 is 11.9 Å². The Bertz CT molecular complexity index is 216. The van der Waals surface area contributed by atoms with Crippen molar-refractivity contribution in [3.63, 3.8) is 0 Å². The van der Waals surface area contributed by atoms with E-state index in [2.05, 4.69) is 6.92 Å². The van der Waals surface area contributed by atoms with Crippen LogP contribution in [0.4, 0.5) is 0 Å². The minimum absolute atomic E-state index is 0.0940. The third kappa shape index (κ3) is 20.9. The Labute approximate surface area is 105 Å². The van der Waals surface area contributed by atoms with Crippen LogP contribution in [-0.4, -0.2) is 24.1 Å². The van der Waals surface area contributed by atoms with Crippen LogP contribution in [0, 0.1) is 0 Å². The van der Waals surface area contributed by atoms with Crippen molar-refractivity contribution in [3.05, 3.63) is 0 Å². The van der Waals surface area contributed by atoms with Crippen LogP contribution in [-0.2, 0) is 19.1 Å². The number of esters is 2. The highest BCUT2D eigenvalue weighted by molar-refractivity contribution is 5.68. The fourth-order valence-corrected chi connectivity index (χ4v) is 0.864. The van der Waals surface area contributed by atoms with E-state index in [4.69, 9.17) is 9.47 Å². The third-order valence-electron chi connectivity index (χ3n) is 1.50. The van der Waals surface area contributed by atoms with E-state index in [9.17, 15) is 9.59 Å². The predicted molar refractivity (Wildman–Crippen MR) is 67.7 cm³/mol. The van der Waals surface area contributed by atoms with Crippen molar-refractivity contribution < 1.29 is 19.1 Å². The van der Waals surface area contributed by atoms with Gasteiger partial charge in [-0.05, 0) is 27.2 Å². The van der Waals surface area contributed by atoms with Crippen molar-refractivity contribution in [3.8, 4) is 0 Å². The Balaban J connectivity index is 0. The summed E-state index contributed by atoms with van der Waals surface area (Å²) in [4.78, 5) is 20.7. The summed E-state index contributed by atoms with van der Waals surface area (Å²) in [6, 6.07) is 0. The Kier molecular flexibility index (Phi) is 10.9. The summed E-state index contributed by atoms with van der Waals surface area (Å²) in [5.41, 5.74) is -0.328. The molecule has 0 aromatic heterocycles. The number of rotatable bonds is 4. The quantitative estimate of drug-likeness (QED) is 0.565. The lowest BCUT2D eigenvalue weighted by Crippen LogP contribution is -2.21. The minimum Gasteiger partial charge on any atom is -0.466 e. The Morgan fingerprint density at radius 2 is 1.65 bits per heavy atom. The summed E-state index contributed by atoms with van der Waals surface area (Å²) in [7, 11) is 0. The molecule has 17 heavy (non-hydrogen) atoms. The summed E-state index contributed by atoms with van der Waals surface area (Å²) >= 11 is 0. The van der Waals surface area contributed by atoms with Gasteiger partial charge in [0.25, 0.3) is 0 Å². The van der Waals surface area contributed by atoms with E-state index >= 15 is 0 Å². The molecule has 0 aliphatic carbocycles. The van der Waals surface area contributed by atoms with E-state index in [1.54, 1.807) is 6.92 Å². The van der Waals surface area contributed by atoms with Gasteiger partial charge in [-0.2, -0.15) is 0 Å². The molecule has 0 amide bonds. The summed E-state index contributed by atoms with van der Waals surface area (Å²) in [5, 5.41) is 0. The predicted octanol–water partition coefficient (Wildman–Crippen LogP) is 3.09. The van der Waals surface area contributed by atoms with Crippen LogP contribution in [0.3, 0.4) is 0 Å². The lowest BCUT2D eigenvalue weighted by molar-refractivity contribution is -0.152. The van der Waals surface area contributed by atoms with Gasteiger partial charge >= 0.3 is 11.9 Å². The molecule has 0 aromatic carbocycles. The smallest absolute Gasteiger partial charge is 0.305 e. The highest BCUT2D eigenvalue weighted by Gasteiger charge is 2.11. The summed E-state index contributed by atoms with van der Waals surface area (Å²) in [6.07, 6.45) is 2.55. The van der Waals surface area contributed by atoms with Crippen molar-refractivity contribution in [2.45, 2.75) is 66.4 Å². The fourth-order valence-electron chi connectivity index (χ4n) is 0.864. The first-order chi connectivity index (χ1) is 7.72. The summed E-state index contributed by atoms with van der Waals surface area (Å²) in [5.74, 6) is -0.319. The lowest BCUT2D eigenvalue weighted by Gasteiger charge is -2.17. The number of ether oxygens (including phenoxy) is 2. The number of carbonyl (C=O) groups excluding carboxylic acids is 2. The maximum atomic E-state index is 10.5. The van der Waals surface area contributed by atoms with E-state index in [1.807, 2.05) is 20.8 Å². The van der Waals surface area contributed by atoms with Crippen molar-refractivity contribution in [1.82, 2.24) is 0 Å². The van der Waals surface area contributed by atoms with Crippen LogP contribution < -0.4 is 0 Å². The zero-order valence-electron chi connectivity index (χ0n) is 12.0. The number of hydrogen-bond acceptors (Lipinski definition) is 4. The van der Waals surface area contributed by atoms with Crippen molar-refractivity contribution in [2.75, 3.05) is 6.61 Å². The van der Waals surface area contributed by atoms with Gasteiger partial charge in [-0.25, -0.2) is 0 Å². The molecule has 0 heterocycles. The average molecular weight is 246 g/mol. The van der Waals surface area contributed by atoms with Gasteiger partial charge in [0, 0.05) is 13.3 Å². The average Bonchev–Trinajstić information content (AvgIpc) is 2.15. The first-order valence-electron chi connectivity index (χ1n) is 6.08. The molecule has 0 aromatic rings. The van der Waals surface area contributed by atoms with Gasteiger partial charge in [-0.15, -0.1) is 0 Å². The maximum Gasteiger partial charge on any atom is 0.305 e. The molecule has 0 aliphatic rings. The normalized spacial score (nSPS) is 10.0. The minimum atomic E-state index is -0.328. The van der Waals surface area contributed by atoms with Crippen LogP contribution in [0.1, 0.15) is 60.8 Å². The van der Waals surface area contributed by atoms with Gasteiger partial charge in [-0.1, -0.05) is 20.3 Å². The molecule has 4 nitrogen and oxygen atoms in total. The number of hydrogen-bond donors (Lipinski definition) is 0. The highest BCUT2D eigenvalue weighted by atomic mass is 16.6. The number of carbonyl (C=O) groups is 2. The second-order valence-corrected chi connectivity index (χ2v) is 4.63. The molecular formula is C13H26O4. The second-order valence-electron chi connectivity index (χ2n) is 4.63. The monoisotopic (exact) mass is 246 g/mol. The molecule has 0 N–H and O–H groups in total. The van der Waals surface area contributed by atoms with E-state index in [-0.39, 0.29) is 17.5 Å². The van der Waals surface area contributed by atoms with E-state index in [1.165, 1.54) is 6.92 Å². The zero-order valence-corrected chi connectivity index (χ0v) is 12.0. The Morgan fingerprint density at radius 1 is 1.12 bits per heavy atom. The van der Waals surface area contributed by atoms with Gasteiger partial charge in [-0.3, -0.25) is 9.59 Å². The summed E-state index contributed by atoms with van der Waals surface area (Å²) < 4.78 is 9.59. The van der Waals surface area contributed by atoms with Gasteiger partial charge in [0.2, 0.25) is 0 Å². The zero-order chi connectivity index (χ0) is 13.9. The molecular weight excluding hydrogens is 220 g/mol. The topological polar surface area (TPSA) is 52.6 Å². The third-order valence-corrected chi connectivity index (χ3v) is 1.50. The van der Waals surface area contributed by atoms with Crippen molar-refractivity contribution in [2.24, 2.45) is 0 Å². The van der Waals surface area contributed by atoms with E-state index in [0.717, 1.165) is 12.8 Å². The second kappa shape index (κ2) is 10.1. The first-order valence-corrected chi connectivity index (χ1v) is 6.08. The SMILES string of the molecule is CC(=O)OC(C)(C)C.CCCCOC(=O)CC. The first kappa shape index (κ1) is 18.3. The maximum absolute atomic E-state index is 10.5. The van der Waals surface area contributed by atoms with Crippen LogP contribution in [0.25, 0.3) is 0 Å². The molecule has 0 aliphatic heterocycles. The van der Waals surface area contributed by atoms with Crippen LogP contribution in [0.2, 0.25) is 0 Å². The summed E-state index contributed by atoms with van der Waals surface area (Å²) in [6.45, 7) is 11.4. The van der Waals surface area contributed by atoms with Crippen molar-refractivity contribution in [1.29, 1.82) is 0 Å². The number of unbranched alkanes of at least 4 members (excludes halogenated alkanes) is 1. The largest absolute Gasteiger partial charge is 0.466 e. The van der Waals surface area contributed by atoms with Gasteiger partial charge in [0.15, 0.2) is 0 Å². The molecule has 0 rings (SSSR count). The Hall–Kier alpha value is -1.06. The molecule has 102 valence electrons. The molecule has 0 saturated carbocycles. The van der Waals surface area contributed by atoms with Gasteiger partial charge in [0.05, 0.1) is 6.61 Å². The van der Waals surface area contributed by atoms with E-state index < -0.39 is 0 Å². The molecule has 0 saturated heterocycles. The molecule has 0 radical (unpaired) electrons. The van der Waals surface area contributed by atoms with Crippen LogP contribution in [0.5, 0.6) is 0 Å². The molecule has 0 atom stereocenters. The molecule has 0 fully saturated rings. The molecule has 0 unspecified atom stereocenters. The highest BCUT2D eigenvalue weighted by Crippen LogP contribution is 2.05. The molecule has 0 spiro atoms. The van der Waals surface area contributed by atoms with Gasteiger partial charge in [0.1, 0.15) is 5.60 Å². The Morgan fingerprint density at radius 3 is 1.88 bits per heavy atom. The van der Waals surface area contributed by atoms with Gasteiger partial charge < -0.3 is 9.47 Å². The van der Waals surface area contributed by atoms with Crippen LogP contribution >= 0.6 is 0 Å².